The molecule has 1 aliphatic heterocycles. The lowest BCUT2D eigenvalue weighted by Crippen LogP contribution is -2.53. The van der Waals surface area contributed by atoms with Crippen LogP contribution in [-0.2, 0) is 4.74 Å². The van der Waals surface area contributed by atoms with E-state index in [1.54, 1.807) is 11.1 Å². The van der Waals surface area contributed by atoms with Crippen LogP contribution in [0.15, 0.2) is 24.4 Å². The number of ether oxygens (including phenoxy) is 1. The van der Waals surface area contributed by atoms with Crippen LogP contribution in [0, 0.1) is 0 Å². The van der Waals surface area contributed by atoms with Gasteiger partial charge in [0.1, 0.15) is 5.60 Å². The molecule has 2 N–H and O–H groups in total. The summed E-state index contributed by atoms with van der Waals surface area (Å²) in [5.41, 5.74) is 6.71. The number of nitrogens with two attached hydrogens (primary N) is 1. The van der Waals surface area contributed by atoms with E-state index in [1.807, 2.05) is 45.9 Å². The SMILES string of the molecule is CC(N)C(c1ccccn1)N1CCN(C(=O)OC(C)(C)C)CC1. The van der Waals surface area contributed by atoms with Crippen molar-refractivity contribution in [2.45, 2.75) is 45.4 Å². The van der Waals surface area contributed by atoms with Crippen LogP contribution in [0.5, 0.6) is 0 Å². The molecule has 0 bridgehead atoms. The zero-order valence-corrected chi connectivity index (χ0v) is 14.5. The van der Waals surface area contributed by atoms with Gasteiger partial charge in [0.15, 0.2) is 0 Å². The van der Waals surface area contributed by atoms with Crippen LogP contribution in [-0.4, -0.2) is 58.7 Å². The first kappa shape index (κ1) is 17.7. The third-order valence-corrected chi connectivity index (χ3v) is 3.85. The fourth-order valence-electron chi connectivity index (χ4n) is 2.85. The molecule has 2 heterocycles. The summed E-state index contributed by atoms with van der Waals surface area (Å²) in [6.07, 6.45) is 1.55. The van der Waals surface area contributed by atoms with Gasteiger partial charge in [0.05, 0.1) is 11.7 Å². The highest BCUT2D eigenvalue weighted by atomic mass is 16.6. The van der Waals surface area contributed by atoms with Crippen LogP contribution >= 0.6 is 0 Å². The van der Waals surface area contributed by atoms with Crippen molar-refractivity contribution in [1.82, 2.24) is 14.8 Å². The second-order valence-corrected chi connectivity index (χ2v) is 7.06. The highest BCUT2D eigenvalue weighted by molar-refractivity contribution is 5.68. The monoisotopic (exact) mass is 320 g/mol. The summed E-state index contributed by atoms with van der Waals surface area (Å²) < 4.78 is 5.44. The minimum Gasteiger partial charge on any atom is -0.444 e. The maximum absolute atomic E-state index is 12.1. The van der Waals surface area contributed by atoms with Gasteiger partial charge in [-0.3, -0.25) is 9.88 Å². The van der Waals surface area contributed by atoms with Gasteiger partial charge >= 0.3 is 6.09 Å². The van der Waals surface area contributed by atoms with Crippen molar-refractivity contribution in [3.63, 3.8) is 0 Å². The Bertz CT molecular complexity index is 505. The van der Waals surface area contributed by atoms with Crippen LogP contribution < -0.4 is 5.73 Å². The van der Waals surface area contributed by atoms with Crippen LogP contribution in [0.25, 0.3) is 0 Å². The van der Waals surface area contributed by atoms with E-state index in [1.165, 1.54) is 0 Å². The van der Waals surface area contributed by atoms with Crippen LogP contribution in [0.1, 0.15) is 39.4 Å². The minimum atomic E-state index is -0.462. The third kappa shape index (κ3) is 4.91. The van der Waals surface area contributed by atoms with E-state index >= 15 is 0 Å². The first-order chi connectivity index (χ1) is 10.8. The molecule has 0 radical (unpaired) electrons. The van der Waals surface area contributed by atoms with E-state index in [0.717, 1.165) is 18.8 Å². The van der Waals surface area contributed by atoms with Gasteiger partial charge in [-0.1, -0.05) is 6.07 Å². The minimum absolute atomic E-state index is 0.0297. The Morgan fingerprint density at radius 3 is 2.39 bits per heavy atom. The summed E-state index contributed by atoms with van der Waals surface area (Å²) >= 11 is 0. The zero-order chi connectivity index (χ0) is 17.0. The van der Waals surface area contributed by atoms with Gasteiger partial charge in [-0.2, -0.15) is 0 Å². The summed E-state index contributed by atoms with van der Waals surface area (Å²) in [6, 6.07) is 5.93. The first-order valence-electron chi connectivity index (χ1n) is 8.16. The quantitative estimate of drug-likeness (QED) is 0.922. The molecule has 1 aliphatic rings. The molecule has 2 rings (SSSR count). The van der Waals surface area contributed by atoms with Crippen LogP contribution in [0.4, 0.5) is 4.79 Å². The summed E-state index contributed by atoms with van der Waals surface area (Å²) in [5.74, 6) is 0. The Kier molecular flexibility index (Phi) is 5.59. The molecule has 0 aliphatic carbocycles. The predicted molar refractivity (Wildman–Crippen MR) is 90.0 cm³/mol. The van der Waals surface area contributed by atoms with E-state index in [2.05, 4.69) is 9.88 Å². The maximum Gasteiger partial charge on any atom is 0.410 e. The van der Waals surface area contributed by atoms with E-state index in [-0.39, 0.29) is 18.2 Å². The van der Waals surface area contributed by atoms with Crippen molar-refractivity contribution in [3.05, 3.63) is 30.1 Å². The molecule has 0 aromatic carbocycles. The second kappa shape index (κ2) is 7.27. The molecular weight excluding hydrogens is 292 g/mol. The highest BCUT2D eigenvalue weighted by Crippen LogP contribution is 2.23. The van der Waals surface area contributed by atoms with E-state index in [0.29, 0.717) is 13.1 Å². The molecule has 0 saturated carbocycles. The van der Waals surface area contributed by atoms with Crippen molar-refractivity contribution in [2.75, 3.05) is 26.2 Å². The number of aromatic nitrogens is 1. The van der Waals surface area contributed by atoms with Crippen molar-refractivity contribution >= 4 is 6.09 Å². The van der Waals surface area contributed by atoms with Gasteiger partial charge in [0.2, 0.25) is 0 Å². The zero-order valence-electron chi connectivity index (χ0n) is 14.5. The Hall–Kier alpha value is -1.66. The van der Waals surface area contributed by atoms with Crippen molar-refractivity contribution in [3.8, 4) is 0 Å². The van der Waals surface area contributed by atoms with Crippen molar-refractivity contribution in [1.29, 1.82) is 0 Å². The number of hydrogen-bond donors (Lipinski definition) is 1. The standard InChI is InChI=1S/C17H28N4O2/c1-13(18)15(14-7-5-6-8-19-14)20-9-11-21(12-10-20)16(22)23-17(2,3)4/h5-8,13,15H,9-12,18H2,1-4H3. The van der Waals surface area contributed by atoms with Gasteiger partial charge < -0.3 is 15.4 Å². The topological polar surface area (TPSA) is 71.7 Å². The molecule has 6 nitrogen and oxygen atoms in total. The van der Waals surface area contributed by atoms with Gasteiger partial charge in [-0.15, -0.1) is 0 Å². The number of pyridine rings is 1. The molecule has 1 saturated heterocycles. The number of carbonyl (C=O) groups is 1. The Morgan fingerprint density at radius 2 is 1.91 bits per heavy atom. The predicted octanol–water partition coefficient (Wildman–Crippen LogP) is 2.02. The second-order valence-electron chi connectivity index (χ2n) is 7.06. The Morgan fingerprint density at radius 1 is 1.26 bits per heavy atom. The first-order valence-corrected chi connectivity index (χ1v) is 8.16. The Balaban J connectivity index is 1.98. The normalized spacial score (nSPS) is 19.3. The number of nitrogens with zero attached hydrogens (tertiary/aromatic N) is 3. The lowest BCUT2D eigenvalue weighted by Gasteiger charge is -2.40. The smallest absolute Gasteiger partial charge is 0.410 e. The fraction of sp³-hybridized carbons (Fsp3) is 0.647. The molecule has 128 valence electrons. The summed E-state index contributed by atoms with van der Waals surface area (Å²) in [7, 11) is 0. The Labute approximate surface area is 138 Å². The number of rotatable bonds is 3. The van der Waals surface area contributed by atoms with Crippen LogP contribution in [0.3, 0.4) is 0 Å². The molecule has 1 aromatic rings. The van der Waals surface area contributed by atoms with Gasteiger partial charge in [-0.05, 0) is 39.8 Å². The number of piperazine rings is 1. The lowest BCUT2D eigenvalue weighted by atomic mass is 10.0. The summed E-state index contributed by atoms with van der Waals surface area (Å²) in [6.45, 7) is 10.5. The van der Waals surface area contributed by atoms with Gasteiger partial charge in [0.25, 0.3) is 0 Å². The van der Waals surface area contributed by atoms with E-state index in [4.69, 9.17) is 10.5 Å². The maximum atomic E-state index is 12.1. The highest BCUT2D eigenvalue weighted by Gasteiger charge is 2.31. The van der Waals surface area contributed by atoms with Crippen molar-refractivity contribution in [2.24, 2.45) is 5.73 Å². The largest absolute Gasteiger partial charge is 0.444 e. The molecule has 6 heteroatoms. The lowest BCUT2D eigenvalue weighted by molar-refractivity contribution is 0.00890. The molecule has 1 amide bonds. The molecular formula is C17H28N4O2. The molecule has 23 heavy (non-hydrogen) atoms. The van der Waals surface area contributed by atoms with E-state index < -0.39 is 5.60 Å². The van der Waals surface area contributed by atoms with Gasteiger partial charge in [0, 0.05) is 38.4 Å². The molecule has 0 spiro atoms. The van der Waals surface area contributed by atoms with E-state index in [9.17, 15) is 4.79 Å². The van der Waals surface area contributed by atoms with Crippen molar-refractivity contribution < 1.29 is 9.53 Å². The molecule has 1 fully saturated rings. The summed E-state index contributed by atoms with van der Waals surface area (Å²) in [5, 5.41) is 0. The average Bonchev–Trinajstić information content (AvgIpc) is 2.47. The summed E-state index contributed by atoms with van der Waals surface area (Å²) in [4.78, 5) is 20.7. The fourth-order valence-corrected chi connectivity index (χ4v) is 2.85. The number of hydrogen-bond acceptors (Lipinski definition) is 5. The molecule has 1 aromatic heterocycles. The number of carbonyl (C=O) groups excluding carboxylic acids is 1. The van der Waals surface area contributed by atoms with Gasteiger partial charge in [-0.25, -0.2) is 4.79 Å². The number of amides is 1. The molecule has 2 unspecified atom stereocenters. The third-order valence-electron chi connectivity index (χ3n) is 3.85. The molecule has 2 atom stereocenters. The average molecular weight is 320 g/mol. The van der Waals surface area contributed by atoms with Crippen LogP contribution in [0.2, 0.25) is 0 Å².